The maximum Gasteiger partial charge on any atom is 0.415 e. The Morgan fingerprint density at radius 2 is 1.75 bits per heavy atom. The second-order valence-electron chi connectivity index (χ2n) is 6.45. The average Bonchev–Trinajstić information content (AvgIpc) is 2.18. The molecule has 0 aromatic carbocycles. The third kappa shape index (κ3) is 4.53. The minimum atomic E-state index is -0.579. The molecule has 112 valence electrons. The number of ether oxygens (including phenoxy) is 1. The summed E-state index contributed by atoms with van der Waals surface area (Å²) in [7, 11) is 0. The molecule has 1 rings (SSSR count). The van der Waals surface area contributed by atoms with E-state index in [0.29, 0.717) is 10.7 Å². The molecule has 0 N–H and O–H groups in total. The number of halogens is 2. The first-order valence-corrected chi connectivity index (χ1v) is 7.01. The van der Waals surface area contributed by atoms with E-state index in [0.717, 1.165) is 0 Å². The van der Waals surface area contributed by atoms with Crippen LogP contribution in [0.4, 0.5) is 10.5 Å². The zero-order valence-corrected chi connectivity index (χ0v) is 14.1. The van der Waals surface area contributed by atoms with Crippen LogP contribution in [-0.4, -0.2) is 22.2 Å². The minimum absolute atomic E-state index is 0.202. The number of carbonyl (C=O) groups excluding carboxylic acids is 1. The number of aromatic nitrogens is 1. The van der Waals surface area contributed by atoms with Gasteiger partial charge in [-0.2, -0.15) is 0 Å². The first-order chi connectivity index (χ1) is 8.92. The Morgan fingerprint density at radius 3 is 2.15 bits per heavy atom. The third-order valence-corrected chi connectivity index (χ3v) is 2.97. The summed E-state index contributed by atoms with van der Waals surface area (Å²) >= 11 is 11.8. The lowest BCUT2D eigenvalue weighted by Gasteiger charge is -2.36. The Bertz CT molecular complexity index is 505. The lowest BCUT2D eigenvalue weighted by molar-refractivity contribution is 0.0550. The Balaban J connectivity index is 3.20. The van der Waals surface area contributed by atoms with Crippen LogP contribution in [0.15, 0.2) is 12.3 Å². The van der Waals surface area contributed by atoms with Crippen LogP contribution in [0.2, 0.25) is 10.2 Å². The monoisotopic (exact) mass is 318 g/mol. The predicted octanol–water partition coefficient (Wildman–Crippen LogP) is 4.93. The van der Waals surface area contributed by atoms with Crippen LogP contribution in [0.1, 0.15) is 41.5 Å². The highest BCUT2D eigenvalue weighted by Crippen LogP contribution is 2.30. The van der Waals surface area contributed by atoms with Crippen molar-refractivity contribution in [3.8, 4) is 0 Å². The van der Waals surface area contributed by atoms with Gasteiger partial charge in [-0.1, -0.05) is 23.2 Å². The molecular weight excluding hydrogens is 299 g/mol. The molecule has 0 bridgehead atoms. The molecule has 0 radical (unpaired) electrons. The molecule has 1 amide bonds. The van der Waals surface area contributed by atoms with Crippen LogP contribution >= 0.6 is 23.2 Å². The molecule has 0 aliphatic rings. The molecule has 20 heavy (non-hydrogen) atoms. The number of hydrogen-bond donors (Lipinski definition) is 0. The van der Waals surface area contributed by atoms with Crippen LogP contribution in [0.5, 0.6) is 0 Å². The molecule has 0 aliphatic carbocycles. The van der Waals surface area contributed by atoms with Crippen molar-refractivity contribution in [3.63, 3.8) is 0 Å². The number of rotatable bonds is 1. The van der Waals surface area contributed by atoms with Crippen LogP contribution in [0.3, 0.4) is 0 Å². The van der Waals surface area contributed by atoms with Gasteiger partial charge in [0.15, 0.2) is 0 Å². The maximum absolute atomic E-state index is 12.4. The molecule has 4 nitrogen and oxygen atoms in total. The number of nitrogens with zero attached hydrogens (tertiary/aromatic N) is 2. The summed E-state index contributed by atoms with van der Waals surface area (Å²) in [6.45, 7) is 11.2. The van der Waals surface area contributed by atoms with E-state index in [1.54, 1.807) is 6.07 Å². The van der Waals surface area contributed by atoms with E-state index < -0.39 is 17.2 Å². The standard InChI is InChI=1S/C14H20Cl2N2O2/c1-13(2,3)18(12(19)20-14(4,5)6)9-7-10(15)11(16)17-8-9/h7-8H,1-6H3. The Kier molecular flexibility index (Phi) is 4.93. The second kappa shape index (κ2) is 5.78. The third-order valence-electron chi connectivity index (χ3n) is 2.29. The van der Waals surface area contributed by atoms with E-state index in [1.165, 1.54) is 11.1 Å². The molecule has 0 unspecified atom stereocenters. The largest absolute Gasteiger partial charge is 0.443 e. The zero-order valence-electron chi connectivity index (χ0n) is 12.6. The van der Waals surface area contributed by atoms with Gasteiger partial charge in [0.1, 0.15) is 10.8 Å². The van der Waals surface area contributed by atoms with Gasteiger partial charge >= 0.3 is 6.09 Å². The zero-order chi connectivity index (χ0) is 15.7. The smallest absolute Gasteiger partial charge is 0.415 e. The molecule has 1 aromatic rings. The van der Waals surface area contributed by atoms with Crippen LogP contribution in [0.25, 0.3) is 0 Å². The fourth-order valence-electron chi connectivity index (χ4n) is 1.61. The van der Waals surface area contributed by atoms with Crippen molar-refractivity contribution in [1.82, 2.24) is 4.98 Å². The minimum Gasteiger partial charge on any atom is -0.443 e. The second-order valence-corrected chi connectivity index (χ2v) is 7.22. The molecule has 0 saturated carbocycles. The highest BCUT2D eigenvalue weighted by Gasteiger charge is 2.32. The van der Waals surface area contributed by atoms with Crippen molar-refractivity contribution < 1.29 is 9.53 Å². The summed E-state index contributed by atoms with van der Waals surface area (Å²) in [5.74, 6) is 0. The van der Waals surface area contributed by atoms with Crippen molar-refractivity contribution in [2.45, 2.75) is 52.7 Å². The van der Waals surface area contributed by atoms with Crippen molar-refractivity contribution in [1.29, 1.82) is 0 Å². The summed E-state index contributed by atoms with van der Waals surface area (Å²) in [5.41, 5.74) is -0.521. The lowest BCUT2D eigenvalue weighted by Crippen LogP contribution is -2.48. The number of carbonyl (C=O) groups is 1. The molecule has 0 atom stereocenters. The fourth-order valence-corrected chi connectivity index (χ4v) is 1.87. The Morgan fingerprint density at radius 1 is 1.20 bits per heavy atom. The van der Waals surface area contributed by atoms with Crippen LogP contribution in [-0.2, 0) is 4.74 Å². The molecule has 0 aliphatic heterocycles. The van der Waals surface area contributed by atoms with Gasteiger partial charge in [-0.3, -0.25) is 4.90 Å². The van der Waals surface area contributed by atoms with E-state index in [9.17, 15) is 4.79 Å². The van der Waals surface area contributed by atoms with Gasteiger partial charge in [0.2, 0.25) is 0 Å². The maximum atomic E-state index is 12.4. The van der Waals surface area contributed by atoms with Gasteiger partial charge in [0.05, 0.1) is 16.9 Å². The molecule has 0 saturated heterocycles. The van der Waals surface area contributed by atoms with E-state index in [-0.39, 0.29) is 5.15 Å². The number of pyridine rings is 1. The summed E-state index contributed by atoms with van der Waals surface area (Å²) in [5, 5.41) is 0.496. The SMILES string of the molecule is CC(C)(C)OC(=O)N(c1cnc(Cl)c(Cl)c1)C(C)(C)C. The molecule has 0 spiro atoms. The predicted molar refractivity (Wildman–Crippen MR) is 82.7 cm³/mol. The molecule has 6 heteroatoms. The summed E-state index contributed by atoms with van der Waals surface area (Å²) in [4.78, 5) is 17.9. The van der Waals surface area contributed by atoms with Crippen molar-refractivity contribution in [3.05, 3.63) is 22.4 Å². The topological polar surface area (TPSA) is 42.4 Å². The van der Waals surface area contributed by atoms with E-state index in [4.69, 9.17) is 27.9 Å². The molecule has 0 fully saturated rings. The number of amides is 1. The van der Waals surface area contributed by atoms with Crippen molar-refractivity contribution in [2.24, 2.45) is 0 Å². The van der Waals surface area contributed by atoms with Gasteiger partial charge in [-0.05, 0) is 47.6 Å². The van der Waals surface area contributed by atoms with Gasteiger partial charge in [0, 0.05) is 5.54 Å². The summed E-state index contributed by atoms with van der Waals surface area (Å²) in [6, 6.07) is 1.60. The molecule has 1 aromatic heterocycles. The first-order valence-electron chi connectivity index (χ1n) is 6.26. The highest BCUT2D eigenvalue weighted by molar-refractivity contribution is 6.41. The summed E-state index contributed by atoms with van der Waals surface area (Å²) in [6.07, 6.45) is 1.05. The van der Waals surface area contributed by atoms with Crippen molar-refractivity contribution in [2.75, 3.05) is 4.90 Å². The average molecular weight is 319 g/mol. The Hall–Kier alpha value is -1.000. The van der Waals surface area contributed by atoms with Gasteiger partial charge in [-0.15, -0.1) is 0 Å². The normalized spacial score (nSPS) is 12.2. The van der Waals surface area contributed by atoms with Gasteiger partial charge in [-0.25, -0.2) is 9.78 Å². The summed E-state index contributed by atoms with van der Waals surface area (Å²) < 4.78 is 5.43. The first kappa shape index (κ1) is 17.1. The van der Waals surface area contributed by atoms with Crippen molar-refractivity contribution >= 4 is 35.0 Å². The lowest BCUT2D eigenvalue weighted by atomic mass is 10.1. The molecule has 1 heterocycles. The van der Waals surface area contributed by atoms with Crippen LogP contribution < -0.4 is 4.90 Å². The Labute approximate surface area is 130 Å². The fraction of sp³-hybridized carbons (Fsp3) is 0.571. The van der Waals surface area contributed by atoms with E-state index >= 15 is 0 Å². The van der Waals surface area contributed by atoms with E-state index in [2.05, 4.69) is 4.98 Å². The van der Waals surface area contributed by atoms with E-state index in [1.807, 2.05) is 41.5 Å². The highest BCUT2D eigenvalue weighted by atomic mass is 35.5. The van der Waals surface area contributed by atoms with Gasteiger partial charge < -0.3 is 4.74 Å². The number of hydrogen-bond acceptors (Lipinski definition) is 3. The molecular formula is C14H20Cl2N2O2. The van der Waals surface area contributed by atoms with Crippen LogP contribution in [0, 0.1) is 0 Å². The number of anilines is 1. The van der Waals surface area contributed by atoms with Gasteiger partial charge in [0.25, 0.3) is 0 Å². The quantitative estimate of drug-likeness (QED) is 0.689.